The first-order valence-electron chi connectivity index (χ1n) is 7.02. The van der Waals surface area contributed by atoms with Gasteiger partial charge < -0.3 is 4.74 Å². The number of rotatable bonds is 3. The van der Waals surface area contributed by atoms with Crippen LogP contribution in [0.2, 0.25) is 0 Å². The Morgan fingerprint density at radius 3 is 2.28 bits per heavy atom. The maximum Gasteiger partial charge on any atom is 0.573 e. The Morgan fingerprint density at radius 2 is 1.68 bits per heavy atom. The van der Waals surface area contributed by atoms with E-state index >= 15 is 0 Å². The molecule has 4 nitrogen and oxygen atoms in total. The Labute approximate surface area is 144 Å². The zero-order chi connectivity index (χ0) is 18.0. The number of para-hydroxylation sites is 1. The summed E-state index contributed by atoms with van der Waals surface area (Å²) in [5, 5.41) is 1.71. The lowest BCUT2D eigenvalue weighted by atomic mass is 10.0. The van der Waals surface area contributed by atoms with Crippen LogP contribution in [0.3, 0.4) is 0 Å². The SMILES string of the molecule is O=C1NC(=O)C(=Cc2ccc(-c3ccccc3OC(F)(F)F)cc2)S1. The van der Waals surface area contributed by atoms with Crippen molar-refractivity contribution in [1.29, 1.82) is 0 Å². The average molecular weight is 365 g/mol. The molecule has 1 heterocycles. The molecule has 0 aliphatic carbocycles. The molecule has 128 valence electrons. The van der Waals surface area contributed by atoms with Crippen LogP contribution in [0.25, 0.3) is 17.2 Å². The highest BCUT2D eigenvalue weighted by Crippen LogP contribution is 2.34. The van der Waals surface area contributed by atoms with E-state index in [0.29, 0.717) is 16.7 Å². The van der Waals surface area contributed by atoms with Gasteiger partial charge in [0.25, 0.3) is 11.1 Å². The number of benzene rings is 2. The van der Waals surface area contributed by atoms with Gasteiger partial charge in [0.05, 0.1) is 4.91 Å². The predicted molar refractivity (Wildman–Crippen MR) is 87.7 cm³/mol. The highest BCUT2D eigenvalue weighted by molar-refractivity contribution is 8.18. The number of imide groups is 1. The number of hydrogen-bond donors (Lipinski definition) is 1. The Hall–Kier alpha value is -2.74. The van der Waals surface area contributed by atoms with Gasteiger partial charge in [-0.3, -0.25) is 14.9 Å². The first kappa shape index (κ1) is 17.1. The zero-order valence-electron chi connectivity index (χ0n) is 12.5. The number of hydrogen-bond acceptors (Lipinski definition) is 4. The maximum absolute atomic E-state index is 12.5. The molecule has 1 N–H and O–H groups in total. The molecule has 0 spiro atoms. The van der Waals surface area contributed by atoms with Crippen molar-refractivity contribution in [1.82, 2.24) is 5.32 Å². The molecule has 1 fully saturated rings. The van der Waals surface area contributed by atoms with Crippen LogP contribution >= 0.6 is 11.8 Å². The quantitative estimate of drug-likeness (QED) is 0.809. The molecule has 1 saturated heterocycles. The average Bonchev–Trinajstić information content (AvgIpc) is 2.85. The molecule has 25 heavy (non-hydrogen) atoms. The number of alkyl halides is 3. The van der Waals surface area contributed by atoms with E-state index in [0.717, 1.165) is 11.8 Å². The van der Waals surface area contributed by atoms with Gasteiger partial charge >= 0.3 is 6.36 Å². The summed E-state index contributed by atoms with van der Waals surface area (Å²) in [6.45, 7) is 0. The van der Waals surface area contributed by atoms with Crippen molar-refractivity contribution in [3.63, 3.8) is 0 Å². The van der Waals surface area contributed by atoms with Gasteiger partial charge in [-0.05, 0) is 35.0 Å². The number of halogens is 3. The molecular formula is C17H10F3NO3S. The van der Waals surface area contributed by atoms with Gasteiger partial charge in [-0.25, -0.2) is 0 Å². The lowest BCUT2D eigenvalue weighted by molar-refractivity contribution is -0.274. The van der Waals surface area contributed by atoms with Crippen LogP contribution in [0.5, 0.6) is 5.75 Å². The molecular weight excluding hydrogens is 355 g/mol. The van der Waals surface area contributed by atoms with E-state index in [2.05, 4.69) is 10.1 Å². The van der Waals surface area contributed by atoms with E-state index in [-0.39, 0.29) is 10.7 Å². The summed E-state index contributed by atoms with van der Waals surface area (Å²) in [7, 11) is 0. The molecule has 0 unspecified atom stereocenters. The second kappa shape index (κ2) is 6.64. The molecule has 0 atom stereocenters. The first-order chi connectivity index (χ1) is 11.8. The van der Waals surface area contributed by atoms with E-state index in [1.54, 1.807) is 30.3 Å². The third-order valence-corrected chi connectivity index (χ3v) is 4.08. The van der Waals surface area contributed by atoms with Gasteiger partial charge in [0.2, 0.25) is 0 Å². The highest BCUT2D eigenvalue weighted by Gasteiger charge is 2.32. The molecule has 0 radical (unpaired) electrons. The second-order valence-electron chi connectivity index (χ2n) is 5.02. The van der Waals surface area contributed by atoms with Crippen molar-refractivity contribution in [2.45, 2.75) is 6.36 Å². The van der Waals surface area contributed by atoms with Gasteiger partial charge in [-0.2, -0.15) is 0 Å². The fraction of sp³-hybridized carbons (Fsp3) is 0.0588. The monoisotopic (exact) mass is 365 g/mol. The molecule has 1 aliphatic heterocycles. The highest BCUT2D eigenvalue weighted by atomic mass is 32.2. The minimum atomic E-state index is -4.78. The van der Waals surface area contributed by atoms with Crippen molar-refractivity contribution in [3.8, 4) is 16.9 Å². The second-order valence-corrected chi connectivity index (χ2v) is 6.03. The normalized spacial score (nSPS) is 16.2. The molecule has 2 aromatic rings. The van der Waals surface area contributed by atoms with E-state index in [1.165, 1.54) is 24.3 Å². The lowest BCUT2D eigenvalue weighted by Crippen LogP contribution is -2.17. The molecule has 0 saturated carbocycles. The van der Waals surface area contributed by atoms with Crippen molar-refractivity contribution in [3.05, 3.63) is 59.0 Å². The van der Waals surface area contributed by atoms with Crippen molar-refractivity contribution in [2.75, 3.05) is 0 Å². The van der Waals surface area contributed by atoms with Crippen LogP contribution in [0.4, 0.5) is 18.0 Å². The molecule has 0 aromatic heterocycles. The Morgan fingerprint density at radius 1 is 1.00 bits per heavy atom. The number of carbonyl (C=O) groups is 2. The van der Waals surface area contributed by atoms with E-state index in [4.69, 9.17) is 0 Å². The fourth-order valence-electron chi connectivity index (χ4n) is 2.25. The number of amides is 2. The van der Waals surface area contributed by atoms with E-state index in [1.807, 2.05) is 0 Å². The Kier molecular flexibility index (Phi) is 4.54. The lowest BCUT2D eigenvalue weighted by Gasteiger charge is -2.13. The van der Waals surface area contributed by atoms with Gasteiger partial charge in [0, 0.05) is 5.56 Å². The van der Waals surface area contributed by atoms with Crippen molar-refractivity contribution < 1.29 is 27.5 Å². The summed E-state index contributed by atoms with van der Waals surface area (Å²) in [5.41, 5.74) is 1.47. The maximum atomic E-state index is 12.5. The third-order valence-electron chi connectivity index (χ3n) is 3.27. The number of thioether (sulfide) groups is 1. The van der Waals surface area contributed by atoms with Crippen LogP contribution in [0.15, 0.2) is 53.4 Å². The summed E-state index contributed by atoms with van der Waals surface area (Å²) < 4.78 is 41.5. The summed E-state index contributed by atoms with van der Waals surface area (Å²) in [6.07, 6.45) is -3.24. The molecule has 0 bridgehead atoms. The fourth-order valence-corrected chi connectivity index (χ4v) is 2.93. The third kappa shape index (κ3) is 4.21. The van der Waals surface area contributed by atoms with E-state index in [9.17, 15) is 22.8 Å². The summed E-state index contributed by atoms with van der Waals surface area (Å²) in [5.74, 6) is -0.763. The predicted octanol–water partition coefficient (Wildman–Crippen LogP) is 4.58. The van der Waals surface area contributed by atoms with Gasteiger partial charge in [0.15, 0.2) is 0 Å². The minimum absolute atomic E-state index is 0.263. The number of carbonyl (C=O) groups excluding carboxylic acids is 2. The number of nitrogens with one attached hydrogen (secondary N) is 1. The van der Waals surface area contributed by atoms with Crippen LogP contribution in [-0.2, 0) is 4.79 Å². The molecule has 1 aliphatic rings. The van der Waals surface area contributed by atoms with Gasteiger partial charge in [0.1, 0.15) is 5.75 Å². The minimum Gasteiger partial charge on any atom is -0.405 e. The smallest absolute Gasteiger partial charge is 0.405 e. The van der Waals surface area contributed by atoms with Crippen LogP contribution in [-0.4, -0.2) is 17.5 Å². The molecule has 8 heteroatoms. The van der Waals surface area contributed by atoms with Gasteiger partial charge in [-0.15, -0.1) is 13.2 Å². The molecule has 2 amide bonds. The van der Waals surface area contributed by atoms with Crippen LogP contribution in [0.1, 0.15) is 5.56 Å². The topological polar surface area (TPSA) is 55.4 Å². The first-order valence-corrected chi connectivity index (χ1v) is 7.83. The summed E-state index contributed by atoms with van der Waals surface area (Å²) >= 11 is 0.794. The summed E-state index contributed by atoms with van der Waals surface area (Å²) in [4.78, 5) is 22.9. The van der Waals surface area contributed by atoms with E-state index < -0.39 is 17.5 Å². The van der Waals surface area contributed by atoms with Gasteiger partial charge in [-0.1, -0.05) is 42.5 Å². The Balaban J connectivity index is 1.88. The standard InChI is InChI=1S/C17H10F3NO3S/c18-17(19,20)24-13-4-2-1-3-12(13)11-7-5-10(6-8-11)9-14-15(22)21-16(23)25-14/h1-9H,(H,21,22,23). The van der Waals surface area contributed by atoms with Crippen molar-refractivity contribution >= 4 is 29.0 Å². The zero-order valence-corrected chi connectivity index (χ0v) is 13.3. The largest absolute Gasteiger partial charge is 0.573 e. The Bertz CT molecular complexity index is 860. The summed E-state index contributed by atoms with van der Waals surface area (Å²) in [6, 6.07) is 12.3. The number of ether oxygens (including phenoxy) is 1. The van der Waals surface area contributed by atoms with Crippen molar-refractivity contribution in [2.24, 2.45) is 0 Å². The molecule has 2 aromatic carbocycles. The van der Waals surface area contributed by atoms with Crippen LogP contribution in [0, 0.1) is 0 Å². The van der Waals surface area contributed by atoms with Crippen LogP contribution < -0.4 is 10.1 Å². The molecule has 3 rings (SSSR count).